The maximum Gasteiger partial charge on any atom is 0.0701 e. The zero-order chi connectivity index (χ0) is 13.2. The minimum Gasteiger partial charge on any atom is -0.328 e. The molecule has 0 aliphatic heterocycles. The molecule has 1 fully saturated rings. The fourth-order valence-electron chi connectivity index (χ4n) is 2.49. The van der Waals surface area contributed by atoms with Gasteiger partial charge in [0.2, 0.25) is 0 Å². The van der Waals surface area contributed by atoms with Crippen molar-refractivity contribution in [3.05, 3.63) is 20.8 Å². The summed E-state index contributed by atoms with van der Waals surface area (Å²) in [6, 6.07) is 5.46. The van der Waals surface area contributed by atoms with Crippen LogP contribution in [0.2, 0.25) is 0 Å². The van der Waals surface area contributed by atoms with E-state index >= 15 is 0 Å². The van der Waals surface area contributed by atoms with Crippen LogP contribution in [-0.4, -0.2) is 18.6 Å². The molecule has 1 aliphatic carbocycles. The highest BCUT2D eigenvalue weighted by Crippen LogP contribution is 2.32. The SMILES string of the molecule is CC(C)(CNC1CCC(N)CC1)c1ccc(Br)s1. The van der Waals surface area contributed by atoms with Crippen LogP contribution >= 0.6 is 27.3 Å². The van der Waals surface area contributed by atoms with Crippen LogP contribution in [0.5, 0.6) is 0 Å². The molecule has 3 N–H and O–H groups in total. The molecule has 1 heterocycles. The molecule has 2 nitrogen and oxygen atoms in total. The minimum atomic E-state index is 0.205. The number of nitrogens with one attached hydrogen (secondary N) is 1. The molecule has 4 heteroatoms. The summed E-state index contributed by atoms with van der Waals surface area (Å²) in [6.45, 7) is 5.67. The third-order valence-corrected chi connectivity index (χ3v) is 5.83. The lowest BCUT2D eigenvalue weighted by molar-refractivity contribution is 0.321. The maximum absolute atomic E-state index is 5.94. The molecule has 0 amide bonds. The van der Waals surface area contributed by atoms with E-state index in [0.29, 0.717) is 12.1 Å². The monoisotopic (exact) mass is 330 g/mol. The largest absolute Gasteiger partial charge is 0.328 e. The molecule has 0 atom stereocenters. The van der Waals surface area contributed by atoms with Gasteiger partial charge in [-0.05, 0) is 53.7 Å². The summed E-state index contributed by atoms with van der Waals surface area (Å²) < 4.78 is 1.22. The lowest BCUT2D eigenvalue weighted by Crippen LogP contribution is -2.42. The Morgan fingerprint density at radius 3 is 2.56 bits per heavy atom. The molecular weight excluding hydrogens is 308 g/mol. The number of hydrogen-bond acceptors (Lipinski definition) is 3. The van der Waals surface area contributed by atoms with Gasteiger partial charge in [0.15, 0.2) is 0 Å². The van der Waals surface area contributed by atoms with E-state index in [4.69, 9.17) is 5.73 Å². The first-order valence-electron chi connectivity index (χ1n) is 6.72. The smallest absolute Gasteiger partial charge is 0.0701 e. The third kappa shape index (κ3) is 3.80. The highest BCUT2D eigenvalue weighted by molar-refractivity contribution is 9.11. The van der Waals surface area contributed by atoms with E-state index in [2.05, 4.69) is 47.2 Å². The molecule has 1 saturated carbocycles. The van der Waals surface area contributed by atoms with Gasteiger partial charge in [-0.3, -0.25) is 0 Å². The molecule has 2 rings (SSSR count). The Kier molecular flexibility index (Phi) is 4.86. The predicted octanol–water partition coefficient (Wildman–Crippen LogP) is 3.65. The number of rotatable bonds is 4. The van der Waals surface area contributed by atoms with Gasteiger partial charge >= 0.3 is 0 Å². The van der Waals surface area contributed by atoms with E-state index in [1.54, 1.807) is 0 Å². The van der Waals surface area contributed by atoms with E-state index in [9.17, 15) is 0 Å². The second kappa shape index (κ2) is 6.04. The quantitative estimate of drug-likeness (QED) is 0.884. The van der Waals surface area contributed by atoms with Gasteiger partial charge in [-0.1, -0.05) is 13.8 Å². The van der Waals surface area contributed by atoms with Gasteiger partial charge in [-0.2, -0.15) is 0 Å². The van der Waals surface area contributed by atoms with Gasteiger partial charge in [-0.25, -0.2) is 0 Å². The highest BCUT2D eigenvalue weighted by atomic mass is 79.9. The van der Waals surface area contributed by atoms with Crippen LogP contribution < -0.4 is 11.1 Å². The second-order valence-electron chi connectivity index (χ2n) is 5.98. The van der Waals surface area contributed by atoms with Gasteiger partial charge < -0.3 is 11.1 Å². The second-order valence-corrected chi connectivity index (χ2v) is 8.44. The van der Waals surface area contributed by atoms with Crippen molar-refractivity contribution in [2.75, 3.05) is 6.54 Å². The maximum atomic E-state index is 5.94. The van der Waals surface area contributed by atoms with Gasteiger partial charge in [0.05, 0.1) is 3.79 Å². The van der Waals surface area contributed by atoms with Crippen molar-refractivity contribution in [3.8, 4) is 0 Å². The third-order valence-electron chi connectivity index (χ3n) is 3.84. The van der Waals surface area contributed by atoms with E-state index < -0.39 is 0 Å². The molecule has 0 bridgehead atoms. The average Bonchev–Trinajstić information content (AvgIpc) is 2.76. The summed E-state index contributed by atoms with van der Waals surface area (Å²) in [7, 11) is 0. The molecule has 0 saturated heterocycles. The van der Waals surface area contributed by atoms with Crippen molar-refractivity contribution in [1.29, 1.82) is 0 Å². The first-order valence-corrected chi connectivity index (χ1v) is 8.33. The minimum absolute atomic E-state index is 0.205. The van der Waals surface area contributed by atoms with E-state index in [-0.39, 0.29) is 5.41 Å². The summed E-state index contributed by atoms with van der Waals surface area (Å²) in [5.41, 5.74) is 6.15. The Morgan fingerprint density at radius 1 is 1.33 bits per heavy atom. The normalized spacial score (nSPS) is 25.3. The first kappa shape index (κ1) is 14.5. The predicted molar refractivity (Wildman–Crippen MR) is 83.3 cm³/mol. The lowest BCUT2D eigenvalue weighted by atomic mass is 9.88. The molecule has 0 radical (unpaired) electrons. The van der Waals surface area contributed by atoms with Gasteiger partial charge in [0.1, 0.15) is 0 Å². The number of hydrogen-bond donors (Lipinski definition) is 2. The molecule has 0 aromatic carbocycles. The van der Waals surface area contributed by atoms with Crippen LogP contribution in [0.15, 0.2) is 15.9 Å². The molecule has 1 aromatic heterocycles. The number of nitrogens with two attached hydrogens (primary N) is 1. The number of halogens is 1. The van der Waals surface area contributed by atoms with Crippen LogP contribution in [0, 0.1) is 0 Å². The topological polar surface area (TPSA) is 38.0 Å². The standard InChI is InChI=1S/C14H23BrN2S/c1-14(2,12-7-8-13(15)18-12)9-17-11-5-3-10(16)4-6-11/h7-8,10-11,17H,3-6,9,16H2,1-2H3. The summed E-state index contributed by atoms with van der Waals surface area (Å²) >= 11 is 5.38. The van der Waals surface area contributed by atoms with Gasteiger partial charge in [0.25, 0.3) is 0 Å². The van der Waals surface area contributed by atoms with E-state index in [1.807, 2.05) is 11.3 Å². The summed E-state index contributed by atoms with van der Waals surface area (Å²) in [6.07, 6.45) is 4.79. The molecular formula is C14H23BrN2S. The van der Waals surface area contributed by atoms with Gasteiger partial charge in [-0.15, -0.1) is 11.3 Å². The summed E-state index contributed by atoms with van der Waals surface area (Å²) in [5.74, 6) is 0. The Hall–Kier alpha value is 0.1000. The van der Waals surface area contributed by atoms with Crippen molar-refractivity contribution in [2.45, 2.75) is 57.0 Å². The van der Waals surface area contributed by atoms with Crippen LogP contribution in [0.3, 0.4) is 0 Å². The molecule has 1 aromatic rings. The molecule has 18 heavy (non-hydrogen) atoms. The fourth-order valence-corrected chi connectivity index (χ4v) is 3.97. The van der Waals surface area contributed by atoms with Crippen LogP contribution in [0.25, 0.3) is 0 Å². The Balaban J connectivity index is 1.85. The van der Waals surface area contributed by atoms with Crippen molar-refractivity contribution in [2.24, 2.45) is 5.73 Å². The summed E-state index contributed by atoms with van der Waals surface area (Å²) in [5, 5.41) is 3.73. The number of thiophene rings is 1. The Bertz CT molecular complexity index is 381. The summed E-state index contributed by atoms with van der Waals surface area (Å²) in [4.78, 5) is 1.44. The fraction of sp³-hybridized carbons (Fsp3) is 0.714. The molecule has 1 aliphatic rings. The van der Waals surface area contributed by atoms with E-state index in [0.717, 1.165) is 6.54 Å². The zero-order valence-corrected chi connectivity index (χ0v) is 13.6. The van der Waals surface area contributed by atoms with Crippen LogP contribution in [0.4, 0.5) is 0 Å². The molecule has 0 unspecified atom stereocenters. The Morgan fingerprint density at radius 2 is 2.00 bits per heavy atom. The zero-order valence-electron chi connectivity index (χ0n) is 11.2. The average molecular weight is 331 g/mol. The molecule has 0 spiro atoms. The molecule has 102 valence electrons. The lowest BCUT2D eigenvalue weighted by Gasteiger charge is -2.31. The van der Waals surface area contributed by atoms with Crippen molar-refractivity contribution >= 4 is 27.3 Å². The Labute approximate surface area is 122 Å². The van der Waals surface area contributed by atoms with Gasteiger partial charge in [0, 0.05) is 28.9 Å². The van der Waals surface area contributed by atoms with Crippen molar-refractivity contribution in [1.82, 2.24) is 5.32 Å². The van der Waals surface area contributed by atoms with Crippen LogP contribution in [-0.2, 0) is 5.41 Å². The van der Waals surface area contributed by atoms with Crippen LogP contribution in [0.1, 0.15) is 44.4 Å². The van der Waals surface area contributed by atoms with Crippen molar-refractivity contribution < 1.29 is 0 Å². The highest BCUT2D eigenvalue weighted by Gasteiger charge is 2.25. The van der Waals surface area contributed by atoms with E-state index in [1.165, 1.54) is 34.3 Å². The van der Waals surface area contributed by atoms with Crippen molar-refractivity contribution in [3.63, 3.8) is 0 Å². The first-order chi connectivity index (χ1) is 8.47.